The molecule has 0 spiro atoms. The lowest BCUT2D eigenvalue weighted by Gasteiger charge is -2.39. The fraction of sp³-hybridized carbons (Fsp3) is 0.481. The van der Waals surface area contributed by atoms with Gasteiger partial charge in [0.25, 0.3) is 0 Å². The van der Waals surface area contributed by atoms with Crippen LogP contribution in [0.1, 0.15) is 23.6 Å². The number of hydrogen-bond acceptors (Lipinski definition) is 7. The fourth-order valence-electron chi connectivity index (χ4n) is 4.96. The van der Waals surface area contributed by atoms with E-state index in [1.807, 2.05) is 0 Å². The lowest BCUT2D eigenvalue weighted by atomic mass is 9.95. The topological polar surface area (TPSA) is 86.4 Å². The van der Waals surface area contributed by atoms with E-state index in [-0.39, 0.29) is 6.04 Å². The van der Waals surface area contributed by atoms with E-state index in [0.29, 0.717) is 23.7 Å². The maximum Gasteiger partial charge on any atom is 0.313 e. The zero-order valence-electron chi connectivity index (χ0n) is 21.7. The third kappa shape index (κ3) is 5.91. The highest BCUT2D eigenvalue weighted by Gasteiger charge is 2.27. The number of ether oxygens (including phenoxy) is 2. The first-order valence-electron chi connectivity index (χ1n) is 12.5. The van der Waals surface area contributed by atoms with Crippen LogP contribution < -0.4 is 25.0 Å². The number of nitrogens with one attached hydrogen (secondary N) is 2. The second-order valence-electron chi connectivity index (χ2n) is 9.50. The van der Waals surface area contributed by atoms with Crippen molar-refractivity contribution in [3.8, 4) is 11.5 Å². The number of piperazine rings is 1. The third-order valence-corrected chi connectivity index (χ3v) is 7.13. The van der Waals surface area contributed by atoms with E-state index in [4.69, 9.17) is 9.47 Å². The Morgan fingerprint density at radius 2 is 1.72 bits per heavy atom. The van der Waals surface area contributed by atoms with Crippen LogP contribution in [0, 0.1) is 0 Å². The molecule has 0 bridgehead atoms. The smallest absolute Gasteiger partial charge is 0.313 e. The maximum absolute atomic E-state index is 12.8. The van der Waals surface area contributed by atoms with Crippen molar-refractivity contribution in [1.82, 2.24) is 15.1 Å². The van der Waals surface area contributed by atoms with E-state index in [9.17, 15) is 9.59 Å². The van der Waals surface area contributed by atoms with Gasteiger partial charge in [-0.2, -0.15) is 0 Å². The van der Waals surface area contributed by atoms with Crippen LogP contribution in [0.2, 0.25) is 0 Å². The standard InChI is InChI=1S/C27H37N5O4/c1-30-12-14-32(15-13-30)24(20-7-9-23-19(16-20)6-5-11-31(23)2)18-28-26(33)27(34)29-22-17-21(35-3)8-10-25(22)36-4/h7-10,16-17,24H,5-6,11-15,18H2,1-4H3,(H,28,33)(H,29,34)/t24-/m0/s1. The van der Waals surface area contributed by atoms with Gasteiger partial charge in [-0.25, -0.2) is 0 Å². The second kappa shape index (κ2) is 11.6. The van der Waals surface area contributed by atoms with Crippen molar-refractivity contribution in [3.63, 3.8) is 0 Å². The van der Waals surface area contributed by atoms with Gasteiger partial charge in [0.15, 0.2) is 0 Å². The van der Waals surface area contributed by atoms with E-state index in [1.165, 1.54) is 31.0 Å². The van der Waals surface area contributed by atoms with Crippen molar-refractivity contribution in [2.45, 2.75) is 18.9 Å². The van der Waals surface area contributed by atoms with Crippen molar-refractivity contribution >= 4 is 23.2 Å². The Morgan fingerprint density at radius 1 is 0.944 bits per heavy atom. The molecule has 2 amide bonds. The average molecular weight is 496 g/mol. The molecule has 0 unspecified atom stereocenters. The highest BCUT2D eigenvalue weighted by molar-refractivity contribution is 6.39. The van der Waals surface area contributed by atoms with Crippen molar-refractivity contribution in [2.24, 2.45) is 0 Å². The first kappa shape index (κ1) is 25.8. The van der Waals surface area contributed by atoms with Crippen molar-refractivity contribution in [1.29, 1.82) is 0 Å². The molecule has 1 saturated heterocycles. The summed E-state index contributed by atoms with van der Waals surface area (Å²) >= 11 is 0. The Hall–Kier alpha value is -3.30. The minimum absolute atomic E-state index is 0.0145. The molecule has 4 rings (SSSR count). The van der Waals surface area contributed by atoms with Crippen LogP contribution in [0.4, 0.5) is 11.4 Å². The molecule has 2 heterocycles. The normalized spacial score (nSPS) is 17.2. The van der Waals surface area contributed by atoms with Gasteiger partial charge >= 0.3 is 11.8 Å². The summed E-state index contributed by atoms with van der Waals surface area (Å²) in [5.41, 5.74) is 4.17. The highest BCUT2D eigenvalue weighted by atomic mass is 16.5. The number of amides is 2. The van der Waals surface area contributed by atoms with Gasteiger partial charge < -0.3 is 29.9 Å². The molecular weight excluding hydrogens is 458 g/mol. The number of benzene rings is 2. The van der Waals surface area contributed by atoms with Crippen molar-refractivity contribution in [2.75, 3.05) is 77.8 Å². The van der Waals surface area contributed by atoms with Gasteiger partial charge in [0.05, 0.1) is 25.9 Å². The summed E-state index contributed by atoms with van der Waals surface area (Å²) in [6.45, 7) is 5.16. The van der Waals surface area contributed by atoms with E-state index < -0.39 is 11.8 Å². The van der Waals surface area contributed by atoms with Gasteiger partial charge in [-0.3, -0.25) is 14.5 Å². The first-order valence-corrected chi connectivity index (χ1v) is 12.5. The predicted octanol–water partition coefficient (Wildman–Crippen LogP) is 2.13. The molecule has 1 fully saturated rings. The van der Waals surface area contributed by atoms with Gasteiger partial charge in [-0.05, 0) is 49.2 Å². The van der Waals surface area contributed by atoms with Crippen LogP contribution in [0.15, 0.2) is 36.4 Å². The molecule has 36 heavy (non-hydrogen) atoms. The number of rotatable bonds is 7. The molecule has 0 aromatic heterocycles. The van der Waals surface area contributed by atoms with Crippen LogP contribution in [0.25, 0.3) is 0 Å². The van der Waals surface area contributed by atoms with E-state index in [2.05, 4.69) is 57.6 Å². The largest absolute Gasteiger partial charge is 0.497 e. The Bertz CT molecular complexity index is 1080. The summed E-state index contributed by atoms with van der Waals surface area (Å²) in [6.07, 6.45) is 2.19. The zero-order chi connectivity index (χ0) is 25.7. The van der Waals surface area contributed by atoms with Crippen LogP contribution in [0.5, 0.6) is 11.5 Å². The third-order valence-electron chi connectivity index (χ3n) is 7.13. The lowest BCUT2D eigenvalue weighted by Crippen LogP contribution is -2.49. The zero-order valence-corrected chi connectivity index (χ0v) is 21.7. The van der Waals surface area contributed by atoms with Crippen LogP contribution >= 0.6 is 0 Å². The molecule has 2 aliphatic heterocycles. The molecule has 0 radical (unpaired) electrons. The number of fused-ring (bicyclic) bond motifs is 1. The van der Waals surface area contributed by atoms with Gasteiger partial charge in [-0.1, -0.05) is 12.1 Å². The van der Waals surface area contributed by atoms with Crippen LogP contribution in [0.3, 0.4) is 0 Å². The molecule has 2 aromatic rings. The number of methoxy groups -OCH3 is 2. The number of nitrogens with zero attached hydrogens (tertiary/aromatic N) is 3. The summed E-state index contributed by atoms with van der Waals surface area (Å²) in [7, 11) is 7.30. The summed E-state index contributed by atoms with van der Waals surface area (Å²) in [5, 5.41) is 5.52. The fourth-order valence-corrected chi connectivity index (χ4v) is 4.96. The van der Waals surface area contributed by atoms with E-state index >= 15 is 0 Å². The van der Waals surface area contributed by atoms with E-state index in [1.54, 1.807) is 18.2 Å². The summed E-state index contributed by atoms with van der Waals surface area (Å²) in [5.74, 6) is -0.423. The number of anilines is 2. The van der Waals surface area contributed by atoms with Gasteiger partial charge in [0.2, 0.25) is 0 Å². The average Bonchev–Trinajstić information content (AvgIpc) is 2.89. The number of carbonyl (C=O) groups excluding carboxylic acids is 2. The molecular formula is C27H37N5O4. The number of hydrogen-bond donors (Lipinski definition) is 2. The first-order chi connectivity index (χ1) is 17.4. The molecule has 2 aromatic carbocycles. The molecule has 1 atom stereocenters. The Morgan fingerprint density at radius 3 is 2.44 bits per heavy atom. The Kier molecular flexibility index (Phi) is 8.32. The van der Waals surface area contributed by atoms with Crippen LogP contribution in [-0.2, 0) is 16.0 Å². The predicted molar refractivity (Wildman–Crippen MR) is 141 cm³/mol. The number of aryl methyl sites for hydroxylation is 1. The molecule has 0 saturated carbocycles. The van der Waals surface area contributed by atoms with E-state index in [0.717, 1.165) is 45.6 Å². The number of carbonyl (C=O) groups is 2. The monoisotopic (exact) mass is 495 g/mol. The van der Waals surface area contributed by atoms with Crippen molar-refractivity contribution in [3.05, 3.63) is 47.5 Å². The molecule has 9 nitrogen and oxygen atoms in total. The molecule has 9 heteroatoms. The second-order valence-corrected chi connectivity index (χ2v) is 9.50. The quantitative estimate of drug-likeness (QED) is 0.569. The van der Waals surface area contributed by atoms with Crippen LogP contribution in [-0.4, -0.2) is 89.2 Å². The maximum atomic E-state index is 12.8. The summed E-state index contributed by atoms with van der Waals surface area (Å²) < 4.78 is 10.5. The number of likely N-dealkylation sites (N-methyl/N-ethyl adjacent to an activating group) is 1. The molecule has 194 valence electrons. The molecule has 0 aliphatic carbocycles. The van der Waals surface area contributed by atoms with Gasteiger partial charge in [-0.15, -0.1) is 0 Å². The summed E-state index contributed by atoms with van der Waals surface area (Å²) in [6, 6.07) is 11.7. The van der Waals surface area contributed by atoms with Gasteiger partial charge in [0, 0.05) is 58.1 Å². The Labute approximate surface area is 213 Å². The molecule has 2 aliphatic rings. The highest BCUT2D eigenvalue weighted by Crippen LogP contribution is 2.31. The van der Waals surface area contributed by atoms with Gasteiger partial charge in [0.1, 0.15) is 11.5 Å². The van der Waals surface area contributed by atoms with Crippen molar-refractivity contribution < 1.29 is 19.1 Å². The minimum Gasteiger partial charge on any atom is -0.497 e. The summed E-state index contributed by atoms with van der Waals surface area (Å²) in [4.78, 5) is 32.6. The minimum atomic E-state index is -0.745. The molecule has 2 N–H and O–H groups in total. The Balaban J connectivity index is 1.48. The lowest BCUT2D eigenvalue weighted by molar-refractivity contribution is -0.136. The SMILES string of the molecule is COc1ccc(OC)c(NC(=O)C(=O)NC[C@@H](c2ccc3c(c2)CCCN3C)N2CCN(C)CC2)c1.